The molecule has 92 valence electrons. The summed E-state index contributed by atoms with van der Waals surface area (Å²) < 4.78 is 1.87. The zero-order valence-electron chi connectivity index (χ0n) is 10.4. The van der Waals surface area contributed by atoms with Crippen molar-refractivity contribution < 1.29 is 0 Å². The van der Waals surface area contributed by atoms with E-state index in [4.69, 9.17) is 5.73 Å². The molecule has 0 spiro atoms. The molecule has 0 fully saturated rings. The Labute approximate surface area is 99.6 Å². The van der Waals surface area contributed by atoms with Crippen molar-refractivity contribution in [2.45, 2.75) is 33.2 Å². The van der Waals surface area contributed by atoms with Crippen LogP contribution in [-0.2, 0) is 26.4 Å². The molecule has 0 radical (unpaired) electrons. The van der Waals surface area contributed by atoms with Crippen LogP contribution in [0.3, 0.4) is 0 Å². The molecular weight excluding hydrogens is 218 g/mol. The minimum atomic E-state index is 0.515. The zero-order chi connectivity index (χ0) is 12.4. The molecule has 2 aromatic heterocycles. The van der Waals surface area contributed by atoms with E-state index in [9.17, 15) is 0 Å². The summed E-state index contributed by atoms with van der Waals surface area (Å²) in [6.45, 7) is 4.62. The number of tetrazole rings is 1. The molecule has 0 saturated heterocycles. The number of nitrogens with two attached hydrogens (primary N) is 1. The number of nitrogen functional groups attached to an aromatic ring is 1. The lowest BCUT2D eigenvalue weighted by atomic mass is 10.2. The molecule has 0 saturated carbocycles. The number of aromatic nitrogens is 6. The Morgan fingerprint density at radius 2 is 1.94 bits per heavy atom. The highest BCUT2D eigenvalue weighted by Crippen LogP contribution is 2.18. The Kier molecular flexibility index (Phi) is 3.08. The van der Waals surface area contributed by atoms with Crippen molar-refractivity contribution in [3.8, 4) is 0 Å². The average molecular weight is 235 g/mol. The van der Waals surface area contributed by atoms with Gasteiger partial charge in [-0.05, 0) is 18.1 Å². The summed E-state index contributed by atoms with van der Waals surface area (Å²) in [7, 11) is 1.74. The van der Waals surface area contributed by atoms with Crippen LogP contribution in [0.2, 0.25) is 0 Å². The molecule has 7 heteroatoms. The summed E-state index contributed by atoms with van der Waals surface area (Å²) in [5, 5.41) is 16.4. The maximum atomic E-state index is 6.04. The van der Waals surface area contributed by atoms with Gasteiger partial charge >= 0.3 is 0 Å². The maximum Gasteiger partial charge on any atom is 0.196 e. The van der Waals surface area contributed by atoms with Crippen LogP contribution >= 0.6 is 0 Å². The van der Waals surface area contributed by atoms with Crippen LogP contribution in [0, 0.1) is 0 Å². The molecule has 7 nitrogen and oxygen atoms in total. The van der Waals surface area contributed by atoms with E-state index in [-0.39, 0.29) is 0 Å². The normalized spacial score (nSPS) is 11.0. The first kappa shape index (κ1) is 11.6. The predicted octanol–water partition coefficient (Wildman–Crippen LogP) is 0.162. The third-order valence-corrected chi connectivity index (χ3v) is 2.69. The van der Waals surface area contributed by atoms with Gasteiger partial charge in [-0.3, -0.25) is 4.68 Å². The Morgan fingerprint density at radius 1 is 1.18 bits per heavy atom. The van der Waals surface area contributed by atoms with E-state index in [0.29, 0.717) is 12.4 Å². The Balaban J connectivity index is 2.32. The van der Waals surface area contributed by atoms with Crippen molar-refractivity contribution >= 4 is 5.69 Å². The van der Waals surface area contributed by atoms with E-state index in [0.717, 1.165) is 29.9 Å². The fourth-order valence-electron chi connectivity index (χ4n) is 1.85. The molecule has 2 N–H and O–H groups in total. The van der Waals surface area contributed by atoms with Crippen LogP contribution in [0.1, 0.15) is 31.1 Å². The van der Waals surface area contributed by atoms with Gasteiger partial charge in [-0.15, -0.1) is 10.2 Å². The van der Waals surface area contributed by atoms with Crippen molar-refractivity contribution in [3.05, 3.63) is 17.2 Å². The predicted molar refractivity (Wildman–Crippen MR) is 63.3 cm³/mol. The minimum absolute atomic E-state index is 0.515. The van der Waals surface area contributed by atoms with E-state index in [1.54, 1.807) is 7.05 Å². The van der Waals surface area contributed by atoms with Gasteiger partial charge < -0.3 is 5.73 Å². The molecule has 2 rings (SSSR count). The molecule has 2 heterocycles. The summed E-state index contributed by atoms with van der Waals surface area (Å²) in [5.41, 5.74) is 8.80. The van der Waals surface area contributed by atoms with Crippen molar-refractivity contribution in [1.29, 1.82) is 0 Å². The highest BCUT2D eigenvalue weighted by molar-refractivity contribution is 5.48. The Hall–Kier alpha value is -1.92. The van der Waals surface area contributed by atoms with Crippen LogP contribution in [-0.4, -0.2) is 30.0 Å². The number of hydrogen-bond acceptors (Lipinski definition) is 5. The number of aryl methyl sites for hydroxylation is 2. The first-order valence-corrected chi connectivity index (χ1v) is 5.72. The van der Waals surface area contributed by atoms with Crippen molar-refractivity contribution in [2.24, 2.45) is 7.05 Å². The lowest BCUT2D eigenvalue weighted by Crippen LogP contribution is -2.08. The van der Waals surface area contributed by atoms with Crippen molar-refractivity contribution in [2.75, 3.05) is 5.73 Å². The van der Waals surface area contributed by atoms with Crippen LogP contribution in [0.5, 0.6) is 0 Å². The van der Waals surface area contributed by atoms with Gasteiger partial charge in [-0.25, -0.2) is 0 Å². The van der Waals surface area contributed by atoms with Gasteiger partial charge in [0.25, 0.3) is 0 Å². The van der Waals surface area contributed by atoms with Gasteiger partial charge in [0.05, 0.1) is 24.1 Å². The summed E-state index contributed by atoms with van der Waals surface area (Å²) in [6, 6.07) is 0. The molecule has 0 amide bonds. The minimum Gasteiger partial charge on any atom is -0.396 e. The van der Waals surface area contributed by atoms with E-state index in [2.05, 4.69) is 27.4 Å². The molecule has 0 aliphatic rings. The molecule has 0 aromatic carbocycles. The number of hydrogen-bond donors (Lipinski definition) is 1. The van der Waals surface area contributed by atoms with Gasteiger partial charge in [0.2, 0.25) is 0 Å². The molecule has 0 aliphatic heterocycles. The monoisotopic (exact) mass is 235 g/mol. The lowest BCUT2D eigenvalue weighted by molar-refractivity contribution is 0.602. The van der Waals surface area contributed by atoms with E-state index in [1.165, 1.54) is 4.80 Å². The Morgan fingerprint density at radius 3 is 2.47 bits per heavy atom. The number of anilines is 1. The molecule has 2 aromatic rings. The fraction of sp³-hybridized carbons (Fsp3) is 0.600. The largest absolute Gasteiger partial charge is 0.396 e. The standard InChI is InChI=1S/C10H17N7/c1-4-7-10(11)8(5-2)17(13-7)6-9-12-15-16(3)14-9/h4-6,11H2,1-3H3. The van der Waals surface area contributed by atoms with Gasteiger partial charge in [0, 0.05) is 0 Å². The second-order valence-corrected chi connectivity index (χ2v) is 3.87. The summed E-state index contributed by atoms with van der Waals surface area (Å²) in [4.78, 5) is 1.44. The molecule has 0 atom stereocenters. The molecule has 17 heavy (non-hydrogen) atoms. The Bertz CT molecular complexity index is 511. The van der Waals surface area contributed by atoms with Gasteiger partial charge in [0.15, 0.2) is 5.82 Å². The SMILES string of the molecule is CCc1nn(Cc2nnn(C)n2)c(CC)c1N. The second-order valence-electron chi connectivity index (χ2n) is 3.87. The van der Waals surface area contributed by atoms with Crippen LogP contribution in [0.4, 0.5) is 5.69 Å². The smallest absolute Gasteiger partial charge is 0.196 e. The highest BCUT2D eigenvalue weighted by Gasteiger charge is 2.14. The van der Waals surface area contributed by atoms with Crippen LogP contribution < -0.4 is 5.73 Å². The molecule has 0 aliphatic carbocycles. The van der Waals surface area contributed by atoms with Crippen molar-refractivity contribution in [3.63, 3.8) is 0 Å². The first-order valence-electron chi connectivity index (χ1n) is 5.72. The van der Waals surface area contributed by atoms with Crippen LogP contribution in [0.25, 0.3) is 0 Å². The van der Waals surface area contributed by atoms with Crippen LogP contribution in [0.15, 0.2) is 0 Å². The topological polar surface area (TPSA) is 87.4 Å². The summed E-state index contributed by atoms with van der Waals surface area (Å²) in [6.07, 6.45) is 1.68. The molecule has 0 bridgehead atoms. The van der Waals surface area contributed by atoms with Gasteiger partial charge in [-0.1, -0.05) is 13.8 Å². The van der Waals surface area contributed by atoms with E-state index < -0.39 is 0 Å². The van der Waals surface area contributed by atoms with Gasteiger partial charge in [0.1, 0.15) is 6.54 Å². The molecule has 0 unspecified atom stereocenters. The third kappa shape index (κ3) is 2.13. The quantitative estimate of drug-likeness (QED) is 0.815. The number of rotatable bonds is 4. The maximum absolute atomic E-state index is 6.04. The first-order chi connectivity index (χ1) is 8.15. The highest BCUT2D eigenvalue weighted by atomic mass is 15.6. The fourth-order valence-corrected chi connectivity index (χ4v) is 1.85. The lowest BCUT2D eigenvalue weighted by Gasteiger charge is -2.02. The van der Waals surface area contributed by atoms with E-state index in [1.807, 2.05) is 11.6 Å². The van der Waals surface area contributed by atoms with Gasteiger partial charge in [-0.2, -0.15) is 9.90 Å². The molecular formula is C10H17N7. The van der Waals surface area contributed by atoms with E-state index >= 15 is 0 Å². The van der Waals surface area contributed by atoms with Crippen molar-refractivity contribution in [1.82, 2.24) is 30.0 Å². The summed E-state index contributed by atoms with van der Waals surface area (Å²) >= 11 is 0. The summed E-state index contributed by atoms with van der Waals surface area (Å²) in [5.74, 6) is 0.646. The third-order valence-electron chi connectivity index (χ3n) is 2.69. The zero-order valence-corrected chi connectivity index (χ0v) is 10.4. The second kappa shape index (κ2) is 4.52. The number of nitrogens with zero attached hydrogens (tertiary/aromatic N) is 6. The average Bonchev–Trinajstić information content (AvgIpc) is 2.83.